The van der Waals surface area contributed by atoms with Gasteiger partial charge in [-0.05, 0) is 18.6 Å². The first-order valence-corrected chi connectivity index (χ1v) is 6.28. The number of para-hydroxylation sites is 1. The summed E-state index contributed by atoms with van der Waals surface area (Å²) in [7, 11) is 0. The van der Waals surface area contributed by atoms with Crippen molar-refractivity contribution in [2.45, 2.75) is 12.8 Å². The SMILES string of the molecule is Cc1cccc(C(C#N)C(=O)c2ccccc2[N+](=O)[O-])c1. The van der Waals surface area contributed by atoms with Crippen molar-refractivity contribution in [1.82, 2.24) is 0 Å². The van der Waals surface area contributed by atoms with Gasteiger partial charge in [0.1, 0.15) is 5.92 Å². The number of carbonyl (C=O) groups is 1. The Kier molecular flexibility index (Phi) is 4.10. The van der Waals surface area contributed by atoms with E-state index >= 15 is 0 Å². The number of nitro benzene ring substituents is 1. The van der Waals surface area contributed by atoms with Crippen LogP contribution < -0.4 is 0 Å². The fraction of sp³-hybridized carbons (Fsp3) is 0.125. The minimum Gasteiger partial charge on any atom is -0.292 e. The van der Waals surface area contributed by atoms with Crippen LogP contribution in [0.2, 0.25) is 0 Å². The minimum atomic E-state index is -1.05. The van der Waals surface area contributed by atoms with Crippen LogP contribution in [0.3, 0.4) is 0 Å². The molecule has 0 aliphatic rings. The number of nitrogens with zero attached hydrogens (tertiary/aromatic N) is 2. The summed E-state index contributed by atoms with van der Waals surface area (Å²) in [5.41, 5.74) is 1.13. The third-order valence-electron chi connectivity index (χ3n) is 3.13. The second-order valence-corrected chi connectivity index (χ2v) is 4.61. The molecule has 1 unspecified atom stereocenters. The topological polar surface area (TPSA) is 84.0 Å². The molecule has 0 aromatic heterocycles. The average Bonchev–Trinajstić information content (AvgIpc) is 2.48. The van der Waals surface area contributed by atoms with Crippen LogP contribution in [-0.4, -0.2) is 10.7 Å². The van der Waals surface area contributed by atoms with Gasteiger partial charge in [0.15, 0.2) is 5.78 Å². The lowest BCUT2D eigenvalue weighted by Crippen LogP contribution is -2.13. The third-order valence-corrected chi connectivity index (χ3v) is 3.13. The Morgan fingerprint density at radius 2 is 1.95 bits per heavy atom. The number of nitriles is 1. The molecule has 0 amide bonds. The molecule has 5 nitrogen and oxygen atoms in total. The maximum absolute atomic E-state index is 12.5. The predicted molar refractivity (Wildman–Crippen MR) is 77.0 cm³/mol. The van der Waals surface area contributed by atoms with Crippen LogP contribution in [0.4, 0.5) is 5.69 Å². The monoisotopic (exact) mass is 280 g/mol. The van der Waals surface area contributed by atoms with Crippen LogP contribution in [0.5, 0.6) is 0 Å². The van der Waals surface area contributed by atoms with Gasteiger partial charge >= 0.3 is 0 Å². The van der Waals surface area contributed by atoms with Gasteiger partial charge < -0.3 is 0 Å². The molecule has 0 aliphatic heterocycles. The normalized spacial score (nSPS) is 11.4. The van der Waals surface area contributed by atoms with E-state index in [4.69, 9.17) is 0 Å². The number of Topliss-reactive ketones (excluding diaryl/α,β-unsaturated/α-hetero) is 1. The fourth-order valence-corrected chi connectivity index (χ4v) is 2.13. The van der Waals surface area contributed by atoms with Gasteiger partial charge in [-0.15, -0.1) is 0 Å². The highest BCUT2D eigenvalue weighted by atomic mass is 16.6. The zero-order chi connectivity index (χ0) is 15.4. The average molecular weight is 280 g/mol. The second-order valence-electron chi connectivity index (χ2n) is 4.61. The first-order chi connectivity index (χ1) is 10.0. The van der Waals surface area contributed by atoms with Crippen molar-refractivity contribution in [3.05, 3.63) is 75.3 Å². The molecule has 1 atom stereocenters. The highest BCUT2D eigenvalue weighted by Crippen LogP contribution is 2.26. The van der Waals surface area contributed by atoms with Crippen molar-refractivity contribution < 1.29 is 9.72 Å². The third kappa shape index (κ3) is 2.95. The van der Waals surface area contributed by atoms with E-state index in [9.17, 15) is 20.2 Å². The lowest BCUT2D eigenvalue weighted by molar-refractivity contribution is -0.385. The maximum atomic E-state index is 12.5. The predicted octanol–water partition coefficient (Wildman–Crippen LogP) is 3.39. The molecular weight excluding hydrogens is 268 g/mol. The molecule has 5 heteroatoms. The molecule has 0 saturated carbocycles. The van der Waals surface area contributed by atoms with E-state index in [0.29, 0.717) is 5.56 Å². The number of nitro groups is 1. The smallest absolute Gasteiger partial charge is 0.280 e. The van der Waals surface area contributed by atoms with Gasteiger partial charge in [0.05, 0.1) is 16.6 Å². The molecule has 104 valence electrons. The van der Waals surface area contributed by atoms with Gasteiger partial charge in [0.25, 0.3) is 5.69 Å². The molecule has 0 spiro atoms. The van der Waals surface area contributed by atoms with E-state index in [1.54, 1.807) is 24.3 Å². The summed E-state index contributed by atoms with van der Waals surface area (Å²) in [4.78, 5) is 22.9. The summed E-state index contributed by atoms with van der Waals surface area (Å²) in [5, 5.41) is 20.3. The molecule has 0 bridgehead atoms. The fourth-order valence-electron chi connectivity index (χ4n) is 2.13. The molecule has 2 aromatic carbocycles. The quantitative estimate of drug-likeness (QED) is 0.488. The molecule has 2 rings (SSSR count). The summed E-state index contributed by atoms with van der Waals surface area (Å²) < 4.78 is 0. The van der Waals surface area contributed by atoms with E-state index in [1.165, 1.54) is 18.2 Å². The van der Waals surface area contributed by atoms with Crippen molar-refractivity contribution in [3.63, 3.8) is 0 Å². The Labute approximate surface area is 121 Å². The molecule has 0 fully saturated rings. The Bertz CT molecular complexity index is 747. The molecule has 0 radical (unpaired) electrons. The van der Waals surface area contributed by atoms with Crippen molar-refractivity contribution in [1.29, 1.82) is 5.26 Å². The number of aryl methyl sites for hydroxylation is 1. The summed E-state index contributed by atoms with van der Waals surface area (Å²) in [5.74, 6) is -1.61. The number of rotatable bonds is 4. The molecule has 21 heavy (non-hydrogen) atoms. The Balaban J connectivity index is 2.48. The molecule has 0 heterocycles. The van der Waals surface area contributed by atoms with Gasteiger partial charge in [-0.25, -0.2) is 0 Å². The standard InChI is InChI=1S/C16H12N2O3/c1-11-5-4-6-12(9-11)14(10-17)16(19)13-7-2-3-8-15(13)18(20)21/h2-9,14H,1H3. The first kappa shape index (κ1) is 14.4. The number of hydrogen-bond donors (Lipinski definition) is 0. The van der Waals surface area contributed by atoms with E-state index in [0.717, 1.165) is 5.56 Å². The summed E-state index contributed by atoms with van der Waals surface area (Å²) in [6.07, 6.45) is 0. The van der Waals surface area contributed by atoms with Gasteiger partial charge in [0.2, 0.25) is 0 Å². The van der Waals surface area contributed by atoms with Crippen LogP contribution in [-0.2, 0) is 0 Å². The van der Waals surface area contributed by atoms with Crippen LogP contribution in [0, 0.1) is 28.4 Å². The zero-order valence-electron chi connectivity index (χ0n) is 11.3. The Hall–Kier alpha value is -3.00. The highest BCUT2D eigenvalue weighted by Gasteiger charge is 2.27. The molecule has 0 N–H and O–H groups in total. The molecular formula is C16H12N2O3. The van der Waals surface area contributed by atoms with Crippen LogP contribution in [0.1, 0.15) is 27.4 Å². The number of hydrogen-bond acceptors (Lipinski definition) is 4. The first-order valence-electron chi connectivity index (χ1n) is 6.28. The molecule has 2 aromatic rings. The summed E-state index contributed by atoms with van der Waals surface area (Å²) >= 11 is 0. The van der Waals surface area contributed by atoms with E-state index in [2.05, 4.69) is 0 Å². The largest absolute Gasteiger partial charge is 0.292 e. The molecule has 0 saturated heterocycles. The Morgan fingerprint density at radius 3 is 2.57 bits per heavy atom. The van der Waals surface area contributed by atoms with E-state index < -0.39 is 16.6 Å². The summed E-state index contributed by atoms with van der Waals surface area (Å²) in [6, 6.07) is 14.6. The van der Waals surface area contributed by atoms with Gasteiger partial charge in [-0.1, -0.05) is 42.0 Å². The number of benzene rings is 2. The van der Waals surface area contributed by atoms with Crippen molar-refractivity contribution in [2.75, 3.05) is 0 Å². The van der Waals surface area contributed by atoms with Gasteiger partial charge in [-0.3, -0.25) is 14.9 Å². The molecule has 0 aliphatic carbocycles. The highest BCUT2D eigenvalue weighted by molar-refractivity contribution is 6.05. The number of carbonyl (C=O) groups excluding carboxylic acids is 1. The lowest BCUT2D eigenvalue weighted by atomic mass is 9.90. The van der Waals surface area contributed by atoms with Crippen LogP contribution >= 0.6 is 0 Å². The maximum Gasteiger partial charge on any atom is 0.280 e. The van der Waals surface area contributed by atoms with E-state index in [-0.39, 0.29) is 11.3 Å². The van der Waals surface area contributed by atoms with Crippen LogP contribution in [0.15, 0.2) is 48.5 Å². The minimum absolute atomic E-state index is 0.0458. The van der Waals surface area contributed by atoms with Crippen molar-refractivity contribution in [2.24, 2.45) is 0 Å². The second kappa shape index (κ2) is 5.97. The Morgan fingerprint density at radius 1 is 1.24 bits per heavy atom. The number of ketones is 1. The van der Waals surface area contributed by atoms with Crippen molar-refractivity contribution in [3.8, 4) is 6.07 Å². The summed E-state index contributed by atoms with van der Waals surface area (Å²) in [6.45, 7) is 1.85. The lowest BCUT2D eigenvalue weighted by Gasteiger charge is -2.09. The van der Waals surface area contributed by atoms with Crippen molar-refractivity contribution >= 4 is 11.5 Å². The van der Waals surface area contributed by atoms with Crippen LogP contribution in [0.25, 0.3) is 0 Å². The zero-order valence-corrected chi connectivity index (χ0v) is 11.3. The van der Waals surface area contributed by atoms with E-state index in [1.807, 2.05) is 19.1 Å². The van der Waals surface area contributed by atoms with Gasteiger partial charge in [0, 0.05) is 6.07 Å². The van der Waals surface area contributed by atoms with Gasteiger partial charge in [-0.2, -0.15) is 5.26 Å².